The molecule has 10 rings (SSSR count). The van der Waals surface area contributed by atoms with Gasteiger partial charge in [-0.2, -0.15) is 0 Å². The van der Waals surface area contributed by atoms with Gasteiger partial charge in [-0.25, -0.2) is 0 Å². The summed E-state index contributed by atoms with van der Waals surface area (Å²) < 4.78 is 106. The number of aryl methyl sites for hydroxylation is 3. The number of hydrogen-bond donors (Lipinski definition) is 0. The molecular weight excluding hydrogens is 969 g/mol. The third-order valence-electron chi connectivity index (χ3n) is 11.6. The number of fused-ring (bicyclic) bond motifs is 6. The van der Waals surface area contributed by atoms with Crippen molar-refractivity contribution >= 4 is 43.5 Å². The SMILES string of the molecule is [2H]C([2H])([2H])c1c[c-]c(-c2ccc(C([2H])([2H])C(C)(C)C)cn2)cc1-c1ccccc1.[2H]C([2H])([2H])c1cnc(-c2[c-]ccc3c2oc2cc4c(ccc5ccccc54)cc23)cc1-c1ccc(C([2H])(CC)CC)cc1C([2H])([2H])[2H].[Ir]. The van der Waals surface area contributed by atoms with E-state index in [1.165, 1.54) is 12.3 Å². The average molecular weight is 1040 g/mol. The van der Waals surface area contributed by atoms with Gasteiger partial charge in [0.05, 0.1) is 5.58 Å². The van der Waals surface area contributed by atoms with Crippen LogP contribution in [0.1, 0.15) is 97.6 Å². The van der Waals surface area contributed by atoms with E-state index in [2.05, 4.69) is 58.5 Å². The molecule has 0 bridgehead atoms. The first-order chi connectivity index (χ1) is 35.7. The predicted molar refractivity (Wildman–Crippen MR) is 271 cm³/mol. The quantitative estimate of drug-likeness (QED) is 0.112. The van der Waals surface area contributed by atoms with Crippen molar-refractivity contribution < 1.29 is 41.0 Å². The van der Waals surface area contributed by atoms with E-state index in [9.17, 15) is 0 Å². The van der Waals surface area contributed by atoms with E-state index in [4.69, 9.17) is 20.9 Å². The Morgan fingerprint density at radius 2 is 1.42 bits per heavy atom. The molecule has 65 heavy (non-hydrogen) atoms. The summed E-state index contributed by atoms with van der Waals surface area (Å²) in [6.45, 7) is 2.01. The summed E-state index contributed by atoms with van der Waals surface area (Å²) in [5.74, 6) is -0.961. The van der Waals surface area contributed by atoms with Gasteiger partial charge in [0.25, 0.3) is 0 Å². The second-order valence-electron chi connectivity index (χ2n) is 17.1. The molecule has 0 saturated carbocycles. The first-order valence-electron chi connectivity index (χ1n) is 27.7. The van der Waals surface area contributed by atoms with Crippen LogP contribution < -0.4 is 0 Å². The van der Waals surface area contributed by atoms with Gasteiger partial charge in [-0.05, 0) is 128 Å². The van der Waals surface area contributed by atoms with Crippen LogP contribution in [0.5, 0.6) is 0 Å². The molecule has 0 amide bonds. The van der Waals surface area contributed by atoms with E-state index in [0.29, 0.717) is 63.2 Å². The zero-order valence-corrected chi connectivity index (χ0v) is 39.4. The topological polar surface area (TPSA) is 38.9 Å². The Morgan fingerprint density at radius 3 is 2.17 bits per heavy atom. The van der Waals surface area contributed by atoms with Gasteiger partial charge in [0, 0.05) is 54.3 Å². The largest absolute Gasteiger partial charge is 0.501 e. The van der Waals surface area contributed by atoms with Gasteiger partial charge in [-0.15, -0.1) is 47.5 Å². The molecule has 0 unspecified atom stereocenters. The zero-order chi connectivity index (χ0) is 54.8. The Balaban J connectivity index is 0.000000225. The van der Waals surface area contributed by atoms with Crippen LogP contribution in [0.15, 0.2) is 156 Å². The Labute approximate surface area is 415 Å². The molecular formula is C61H56IrN2O-2. The monoisotopic (exact) mass is 1040 g/mol. The zero-order valence-electron chi connectivity index (χ0n) is 49.0. The van der Waals surface area contributed by atoms with Crippen LogP contribution in [-0.2, 0) is 26.5 Å². The number of rotatable bonds is 8. The summed E-state index contributed by atoms with van der Waals surface area (Å²) >= 11 is 0. The van der Waals surface area contributed by atoms with E-state index in [1.807, 2.05) is 83.1 Å². The predicted octanol–water partition coefficient (Wildman–Crippen LogP) is 17.1. The minimum Gasteiger partial charge on any atom is -0.501 e. The summed E-state index contributed by atoms with van der Waals surface area (Å²) in [4.78, 5) is 9.01. The summed E-state index contributed by atoms with van der Waals surface area (Å²) in [5.41, 5.74) is 6.16. The van der Waals surface area contributed by atoms with Gasteiger partial charge >= 0.3 is 0 Å². The van der Waals surface area contributed by atoms with Crippen LogP contribution in [-0.4, -0.2) is 9.97 Å². The minimum atomic E-state index is -2.56. The van der Waals surface area contributed by atoms with Gasteiger partial charge in [0.2, 0.25) is 0 Å². The molecule has 3 nitrogen and oxygen atoms in total. The first kappa shape index (κ1) is 32.5. The molecule has 0 aliphatic heterocycles. The van der Waals surface area contributed by atoms with E-state index in [-0.39, 0.29) is 47.9 Å². The van der Waals surface area contributed by atoms with Crippen molar-refractivity contribution in [2.75, 3.05) is 0 Å². The maximum Gasteiger partial charge on any atom is 0.121 e. The molecule has 4 heteroatoms. The average Bonchev–Trinajstić information content (AvgIpc) is 3.76. The smallest absolute Gasteiger partial charge is 0.121 e. The van der Waals surface area contributed by atoms with Crippen LogP contribution in [0.4, 0.5) is 0 Å². The molecule has 0 fully saturated rings. The van der Waals surface area contributed by atoms with Gasteiger partial charge in [-0.3, -0.25) is 0 Å². The van der Waals surface area contributed by atoms with E-state index < -0.39 is 38.2 Å². The molecule has 3 heterocycles. The van der Waals surface area contributed by atoms with Crippen molar-refractivity contribution in [1.29, 1.82) is 0 Å². The van der Waals surface area contributed by atoms with Gasteiger partial charge in [0.15, 0.2) is 0 Å². The number of hydrogen-bond acceptors (Lipinski definition) is 3. The number of furan rings is 1. The van der Waals surface area contributed by atoms with Crippen molar-refractivity contribution in [1.82, 2.24) is 9.97 Å². The Bertz CT molecular complexity index is 3780. The molecule has 0 saturated heterocycles. The maximum atomic E-state index is 8.93. The van der Waals surface area contributed by atoms with Crippen molar-refractivity contribution in [2.24, 2.45) is 5.41 Å². The van der Waals surface area contributed by atoms with Crippen molar-refractivity contribution in [3.05, 3.63) is 192 Å². The van der Waals surface area contributed by atoms with Crippen LogP contribution in [0.2, 0.25) is 0 Å². The number of nitrogens with zero attached hydrogens (tertiary/aromatic N) is 2. The summed E-state index contributed by atoms with van der Waals surface area (Å²) in [6.07, 6.45) is 2.34. The molecule has 3 aromatic heterocycles. The van der Waals surface area contributed by atoms with Gasteiger partial charge < -0.3 is 14.4 Å². The molecule has 0 spiro atoms. The number of pyridine rings is 2. The standard InChI is InChI=1S/C38H32NO.C23H24N.Ir/c1-5-25(6-2)27-16-17-29(23(3)18-27)33-20-36(39-22-24(33)4)32-13-9-12-31-35-19-28-15-14-26-10-7-8-11-30(26)34(28)21-37(35)40-38(31)32;1-17-10-12-20(14-21(17)19-8-6-5-7-9-19)22-13-11-18(16-24-22)15-23(2,3)4;/h7-12,14-22,25H,5-6H2,1-4H3;5-11,13-14,16H,15H2,1-4H3;/q2*-1;/i3D3,4D3,25D;1D3,15D2;. The van der Waals surface area contributed by atoms with Gasteiger partial charge in [-0.1, -0.05) is 161 Å². The van der Waals surface area contributed by atoms with E-state index in [0.717, 1.165) is 37.9 Å². The van der Waals surface area contributed by atoms with Crippen LogP contribution in [0.25, 0.3) is 88.3 Å². The fourth-order valence-electron chi connectivity index (χ4n) is 8.46. The first-order valence-corrected chi connectivity index (χ1v) is 21.7. The number of aromatic nitrogens is 2. The van der Waals surface area contributed by atoms with Crippen LogP contribution in [0.3, 0.4) is 0 Å². The summed E-state index contributed by atoms with van der Waals surface area (Å²) in [7, 11) is 0. The maximum absolute atomic E-state index is 8.93. The van der Waals surface area contributed by atoms with Crippen LogP contribution in [0, 0.1) is 38.1 Å². The van der Waals surface area contributed by atoms with Crippen molar-refractivity contribution in [2.45, 2.75) is 80.3 Å². The van der Waals surface area contributed by atoms with Crippen molar-refractivity contribution in [3.63, 3.8) is 0 Å². The third kappa shape index (κ3) is 9.48. The summed E-state index contributed by atoms with van der Waals surface area (Å²) in [5, 5.41) is 6.22. The van der Waals surface area contributed by atoms with Gasteiger partial charge in [0.1, 0.15) is 5.58 Å². The fraction of sp³-hybridized carbons (Fsp3) is 0.213. The minimum absolute atomic E-state index is 0. The third-order valence-corrected chi connectivity index (χ3v) is 11.6. The fourth-order valence-corrected chi connectivity index (χ4v) is 8.46. The molecule has 7 aromatic carbocycles. The molecule has 0 atom stereocenters. The van der Waals surface area contributed by atoms with E-state index in [1.54, 1.807) is 54.7 Å². The normalized spacial score (nSPS) is 15.3. The Morgan fingerprint density at radius 1 is 0.646 bits per heavy atom. The molecule has 1 radical (unpaired) electrons. The molecule has 0 N–H and O–H groups in total. The molecule has 0 aliphatic carbocycles. The molecule has 327 valence electrons. The molecule has 0 aliphatic rings. The summed E-state index contributed by atoms with van der Waals surface area (Å²) in [6, 6.07) is 49.4. The number of benzene rings is 7. The Hall–Kier alpha value is -6.19. The van der Waals surface area contributed by atoms with E-state index >= 15 is 0 Å². The Kier molecular flexibility index (Phi) is 9.54. The second-order valence-corrected chi connectivity index (χ2v) is 17.1. The second kappa shape index (κ2) is 19.1. The molecule has 10 aromatic rings. The van der Waals surface area contributed by atoms with Crippen molar-refractivity contribution in [3.8, 4) is 44.8 Å². The van der Waals surface area contributed by atoms with Crippen LogP contribution >= 0.6 is 0 Å².